The van der Waals surface area contributed by atoms with Crippen LogP contribution in [0.3, 0.4) is 0 Å². The van der Waals surface area contributed by atoms with Gasteiger partial charge in [-0.15, -0.1) is 0 Å². The molecule has 1 amide bonds. The van der Waals surface area contributed by atoms with Crippen molar-refractivity contribution in [3.63, 3.8) is 0 Å². The van der Waals surface area contributed by atoms with E-state index in [4.69, 9.17) is 9.47 Å². The highest BCUT2D eigenvalue weighted by Crippen LogP contribution is 2.38. The van der Waals surface area contributed by atoms with E-state index >= 15 is 0 Å². The van der Waals surface area contributed by atoms with Gasteiger partial charge >= 0.3 is 0 Å². The summed E-state index contributed by atoms with van der Waals surface area (Å²) in [5.41, 5.74) is 0.307. The molecule has 7 heteroatoms. The summed E-state index contributed by atoms with van der Waals surface area (Å²) in [6, 6.07) is 1.58. The van der Waals surface area contributed by atoms with Gasteiger partial charge in [-0.05, 0) is 13.8 Å². The van der Waals surface area contributed by atoms with Crippen LogP contribution in [0.2, 0.25) is 0 Å². The first-order valence-electron chi connectivity index (χ1n) is 7.83. The van der Waals surface area contributed by atoms with Gasteiger partial charge in [0, 0.05) is 37.9 Å². The number of aromatic nitrogens is 1. The van der Waals surface area contributed by atoms with Crippen LogP contribution in [-0.2, 0) is 4.74 Å². The van der Waals surface area contributed by atoms with E-state index < -0.39 is 5.66 Å². The van der Waals surface area contributed by atoms with E-state index in [1.807, 2.05) is 18.5 Å². The Morgan fingerprint density at radius 2 is 2.04 bits per heavy atom. The molecule has 2 unspecified atom stereocenters. The van der Waals surface area contributed by atoms with E-state index in [-0.39, 0.29) is 23.0 Å². The molecule has 0 fully saturated rings. The van der Waals surface area contributed by atoms with Gasteiger partial charge in [0.15, 0.2) is 17.1 Å². The first-order valence-corrected chi connectivity index (χ1v) is 7.83. The molecule has 1 aromatic heterocycles. The number of likely N-dealkylation sites (N-methyl/N-ethyl adjacent to an activating group) is 1. The Balaban J connectivity index is 2.34. The van der Waals surface area contributed by atoms with Crippen molar-refractivity contribution in [2.45, 2.75) is 32.4 Å². The summed E-state index contributed by atoms with van der Waals surface area (Å²) >= 11 is 0. The van der Waals surface area contributed by atoms with Gasteiger partial charge < -0.3 is 14.4 Å². The van der Waals surface area contributed by atoms with Gasteiger partial charge in [-0.2, -0.15) is 0 Å². The molecule has 0 saturated heterocycles. The maximum atomic E-state index is 13.1. The van der Waals surface area contributed by atoms with E-state index in [2.05, 4.69) is 11.9 Å². The van der Waals surface area contributed by atoms with E-state index in [0.717, 1.165) is 5.69 Å². The summed E-state index contributed by atoms with van der Waals surface area (Å²) in [5, 5.41) is 2.11. The number of hydrogen-bond donors (Lipinski definition) is 0. The number of methoxy groups -OCH3 is 2. The molecule has 7 nitrogen and oxygen atoms in total. The van der Waals surface area contributed by atoms with Crippen molar-refractivity contribution in [2.24, 2.45) is 0 Å². The Morgan fingerprint density at radius 3 is 2.61 bits per heavy atom. The number of carbonyl (C=O) groups excluding carboxylic acids is 1. The predicted molar refractivity (Wildman–Crippen MR) is 85.7 cm³/mol. The molecule has 2 aliphatic rings. The van der Waals surface area contributed by atoms with Crippen molar-refractivity contribution >= 4 is 5.91 Å². The largest absolute Gasteiger partial charge is 0.491 e. The first-order chi connectivity index (χ1) is 10.9. The molecular formula is C16H23N3O4. The summed E-state index contributed by atoms with van der Waals surface area (Å²) in [6.45, 7) is 7.59. The normalized spacial score (nSPS) is 25.8. The number of hydrogen-bond acceptors (Lipinski definition) is 5. The molecule has 126 valence electrons. The molecule has 3 heterocycles. The lowest BCUT2D eigenvalue weighted by Gasteiger charge is -2.51. The van der Waals surface area contributed by atoms with Gasteiger partial charge in [-0.3, -0.25) is 19.3 Å². The molecule has 0 aliphatic carbocycles. The van der Waals surface area contributed by atoms with Crippen LogP contribution >= 0.6 is 0 Å². The van der Waals surface area contributed by atoms with Crippen molar-refractivity contribution < 1.29 is 14.3 Å². The average molecular weight is 321 g/mol. The highest BCUT2D eigenvalue weighted by molar-refractivity contribution is 5.97. The van der Waals surface area contributed by atoms with Gasteiger partial charge in [0.1, 0.15) is 0 Å². The van der Waals surface area contributed by atoms with Crippen LogP contribution in [0.5, 0.6) is 5.75 Å². The molecule has 0 spiro atoms. The van der Waals surface area contributed by atoms with E-state index in [1.165, 1.54) is 7.11 Å². The van der Waals surface area contributed by atoms with Crippen LogP contribution in [0, 0.1) is 0 Å². The molecule has 23 heavy (non-hydrogen) atoms. The number of rotatable bonds is 4. The molecular weight excluding hydrogens is 298 g/mol. The van der Waals surface area contributed by atoms with Crippen molar-refractivity contribution in [2.75, 3.05) is 38.9 Å². The molecule has 3 rings (SSSR count). The zero-order valence-corrected chi connectivity index (χ0v) is 14.3. The fourth-order valence-corrected chi connectivity index (χ4v) is 3.84. The third-order valence-electron chi connectivity index (χ3n) is 4.89. The van der Waals surface area contributed by atoms with Gasteiger partial charge in [-0.25, -0.2) is 0 Å². The predicted octanol–water partition coefficient (Wildman–Crippen LogP) is 0.750. The fraction of sp³-hybridized carbons (Fsp3) is 0.625. The first kappa shape index (κ1) is 15.9. The van der Waals surface area contributed by atoms with Crippen molar-refractivity contribution in [3.8, 4) is 5.75 Å². The number of nitrogens with zero attached hydrogens (tertiary/aromatic N) is 3. The van der Waals surface area contributed by atoms with Gasteiger partial charge in [0.25, 0.3) is 5.91 Å². The molecule has 1 aromatic rings. The maximum absolute atomic E-state index is 13.1. The third-order valence-corrected chi connectivity index (χ3v) is 4.89. The molecule has 0 bridgehead atoms. The lowest BCUT2D eigenvalue weighted by molar-refractivity contribution is 0.000395. The molecule has 2 aliphatic heterocycles. The van der Waals surface area contributed by atoms with Crippen molar-refractivity contribution in [1.29, 1.82) is 0 Å². The van der Waals surface area contributed by atoms with E-state index in [1.54, 1.807) is 18.1 Å². The van der Waals surface area contributed by atoms with Crippen LogP contribution in [0.1, 0.15) is 42.9 Å². The summed E-state index contributed by atoms with van der Waals surface area (Å²) in [6.07, 6.45) is 0. The summed E-state index contributed by atoms with van der Waals surface area (Å²) in [5.74, 6) is 0.0529. The summed E-state index contributed by atoms with van der Waals surface area (Å²) in [4.78, 5) is 27.2. The zero-order chi connectivity index (χ0) is 16.9. The third kappa shape index (κ3) is 1.92. The number of carbonyl (C=O) groups is 1. The summed E-state index contributed by atoms with van der Waals surface area (Å²) in [7, 11) is 3.06. The quantitative estimate of drug-likeness (QED) is 0.819. The number of amides is 1. The lowest BCUT2D eigenvalue weighted by atomic mass is 10.1. The Hall–Kier alpha value is -2.02. The Kier molecular flexibility index (Phi) is 3.63. The van der Waals surface area contributed by atoms with Crippen LogP contribution in [0.4, 0.5) is 0 Å². The minimum atomic E-state index is -0.604. The average Bonchev–Trinajstić information content (AvgIpc) is 2.83. The molecule has 0 radical (unpaired) electrons. The molecule has 0 aromatic carbocycles. The number of pyridine rings is 1. The Bertz CT molecular complexity index is 714. The second-order valence-corrected chi connectivity index (χ2v) is 6.31. The van der Waals surface area contributed by atoms with Crippen molar-refractivity contribution in [1.82, 2.24) is 9.58 Å². The second kappa shape index (κ2) is 5.26. The second-order valence-electron chi connectivity index (χ2n) is 6.31. The van der Waals surface area contributed by atoms with Crippen LogP contribution in [-0.4, -0.2) is 55.1 Å². The minimum Gasteiger partial charge on any atom is -0.491 e. The van der Waals surface area contributed by atoms with Crippen LogP contribution in [0.25, 0.3) is 0 Å². The van der Waals surface area contributed by atoms with Gasteiger partial charge in [-0.1, -0.05) is 6.92 Å². The van der Waals surface area contributed by atoms with Gasteiger partial charge in [0.2, 0.25) is 5.43 Å². The molecule has 0 N–H and O–H groups in total. The molecule has 0 saturated carbocycles. The lowest BCUT2D eigenvalue weighted by Crippen LogP contribution is -2.70. The fourth-order valence-electron chi connectivity index (χ4n) is 3.84. The highest BCUT2D eigenvalue weighted by atomic mass is 16.5. The SMILES string of the molecule is CCN1C(=O)c2c(OC)c(=O)cc3n2N(CC3C)C1(C)COC. The topological polar surface area (TPSA) is 64.0 Å². The van der Waals surface area contributed by atoms with Gasteiger partial charge in [0.05, 0.1) is 13.7 Å². The minimum absolute atomic E-state index is 0.107. The zero-order valence-electron chi connectivity index (χ0n) is 14.3. The van der Waals surface area contributed by atoms with Crippen LogP contribution in [0.15, 0.2) is 10.9 Å². The Labute approximate surface area is 135 Å². The Morgan fingerprint density at radius 1 is 1.35 bits per heavy atom. The summed E-state index contributed by atoms with van der Waals surface area (Å²) < 4.78 is 12.5. The highest BCUT2D eigenvalue weighted by Gasteiger charge is 2.51. The van der Waals surface area contributed by atoms with Crippen molar-refractivity contribution in [3.05, 3.63) is 27.7 Å². The molecule has 2 atom stereocenters. The van der Waals surface area contributed by atoms with E-state index in [9.17, 15) is 9.59 Å². The van der Waals surface area contributed by atoms with E-state index in [0.29, 0.717) is 25.4 Å². The standard InChI is InChI=1S/C16H23N3O4/c1-6-17-15(21)13-14(23-5)12(20)7-11-10(2)8-18(19(11)13)16(17,3)9-22-4/h7,10H,6,8-9H2,1-5H3. The monoisotopic (exact) mass is 321 g/mol. The smallest absolute Gasteiger partial charge is 0.278 e. The number of ether oxygens (including phenoxy) is 2. The van der Waals surface area contributed by atoms with Crippen LogP contribution < -0.4 is 15.2 Å². The maximum Gasteiger partial charge on any atom is 0.278 e.